The SMILES string of the molecule is O=C(O)CC(Nc1nccc2c(Br)cccc12)C1CC1. The average Bonchev–Trinajstić information content (AvgIpc) is 3.23. The minimum absolute atomic E-state index is 0.0374. The lowest BCUT2D eigenvalue weighted by Gasteiger charge is -2.18. The normalized spacial score (nSPS) is 16.1. The van der Waals surface area contributed by atoms with Crippen LogP contribution in [0.2, 0.25) is 0 Å². The lowest BCUT2D eigenvalue weighted by Crippen LogP contribution is -2.25. The third-order valence-corrected chi connectivity index (χ3v) is 4.35. The molecule has 1 aromatic carbocycles. The summed E-state index contributed by atoms with van der Waals surface area (Å²) in [4.78, 5) is 15.4. The maximum Gasteiger partial charge on any atom is 0.305 e. The molecule has 4 nitrogen and oxygen atoms in total. The first kappa shape index (κ1) is 13.4. The van der Waals surface area contributed by atoms with Crippen molar-refractivity contribution in [2.24, 2.45) is 5.92 Å². The molecule has 0 amide bonds. The van der Waals surface area contributed by atoms with Crippen molar-refractivity contribution in [1.82, 2.24) is 4.98 Å². The van der Waals surface area contributed by atoms with Gasteiger partial charge in [0.15, 0.2) is 0 Å². The Morgan fingerprint density at radius 3 is 2.90 bits per heavy atom. The summed E-state index contributed by atoms with van der Waals surface area (Å²) in [6, 6.07) is 7.86. The first-order valence-electron chi connectivity index (χ1n) is 6.66. The predicted octanol–water partition coefficient (Wildman–Crippen LogP) is 3.66. The number of hydrogen-bond donors (Lipinski definition) is 2. The Labute approximate surface area is 125 Å². The number of aromatic nitrogens is 1. The van der Waals surface area contributed by atoms with Gasteiger partial charge in [-0.05, 0) is 30.9 Å². The second-order valence-electron chi connectivity index (χ2n) is 5.18. The Balaban J connectivity index is 1.93. The van der Waals surface area contributed by atoms with E-state index in [9.17, 15) is 4.79 Å². The van der Waals surface area contributed by atoms with E-state index in [0.717, 1.165) is 33.9 Å². The van der Waals surface area contributed by atoms with E-state index in [1.54, 1.807) is 6.20 Å². The number of pyridine rings is 1. The molecular weight excluding hydrogens is 320 g/mol. The number of halogens is 1. The molecule has 1 aliphatic rings. The number of anilines is 1. The Morgan fingerprint density at radius 1 is 1.40 bits per heavy atom. The highest BCUT2D eigenvalue weighted by Crippen LogP contribution is 2.37. The zero-order valence-corrected chi connectivity index (χ0v) is 12.4. The maximum absolute atomic E-state index is 11.0. The number of fused-ring (bicyclic) bond motifs is 1. The van der Waals surface area contributed by atoms with Gasteiger partial charge in [-0.3, -0.25) is 4.79 Å². The van der Waals surface area contributed by atoms with E-state index in [4.69, 9.17) is 5.11 Å². The van der Waals surface area contributed by atoms with Gasteiger partial charge in [0.25, 0.3) is 0 Å². The monoisotopic (exact) mass is 334 g/mol. The van der Waals surface area contributed by atoms with Crippen LogP contribution in [0.25, 0.3) is 10.8 Å². The first-order valence-corrected chi connectivity index (χ1v) is 7.46. The summed E-state index contributed by atoms with van der Waals surface area (Å²) in [6.45, 7) is 0. The summed E-state index contributed by atoms with van der Waals surface area (Å²) in [5.74, 6) is 0.452. The number of hydrogen-bond acceptors (Lipinski definition) is 3. The van der Waals surface area contributed by atoms with Crippen molar-refractivity contribution in [3.8, 4) is 0 Å². The van der Waals surface area contributed by atoms with Gasteiger partial charge in [-0.15, -0.1) is 0 Å². The highest BCUT2D eigenvalue weighted by Gasteiger charge is 2.33. The molecule has 20 heavy (non-hydrogen) atoms. The van der Waals surface area contributed by atoms with Crippen LogP contribution in [-0.2, 0) is 4.79 Å². The molecule has 104 valence electrons. The molecule has 5 heteroatoms. The highest BCUT2D eigenvalue weighted by atomic mass is 79.9. The third kappa shape index (κ3) is 2.77. The first-order chi connectivity index (χ1) is 9.65. The molecule has 1 aliphatic carbocycles. The van der Waals surface area contributed by atoms with Gasteiger partial charge in [0, 0.05) is 27.5 Å². The fraction of sp³-hybridized carbons (Fsp3) is 0.333. The number of rotatable bonds is 5. The Morgan fingerprint density at radius 2 is 2.20 bits per heavy atom. The Kier molecular flexibility index (Phi) is 3.61. The van der Waals surface area contributed by atoms with Crippen LogP contribution in [0.3, 0.4) is 0 Å². The number of carbonyl (C=O) groups is 1. The summed E-state index contributed by atoms with van der Waals surface area (Å²) in [5, 5.41) is 14.4. The smallest absolute Gasteiger partial charge is 0.305 e. The number of carboxylic acid groups (broad SMARTS) is 1. The average molecular weight is 335 g/mol. The Bertz CT molecular complexity index is 655. The lowest BCUT2D eigenvalue weighted by molar-refractivity contribution is -0.137. The van der Waals surface area contributed by atoms with Crippen LogP contribution in [0.15, 0.2) is 34.9 Å². The van der Waals surface area contributed by atoms with Gasteiger partial charge in [0.2, 0.25) is 0 Å². The summed E-state index contributed by atoms with van der Waals surface area (Å²) in [5.41, 5.74) is 0. The number of aliphatic carboxylic acids is 1. The fourth-order valence-corrected chi connectivity index (χ4v) is 2.98. The van der Waals surface area contributed by atoms with Crippen LogP contribution in [0.1, 0.15) is 19.3 Å². The van der Waals surface area contributed by atoms with Crippen molar-refractivity contribution in [3.05, 3.63) is 34.9 Å². The van der Waals surface area contributed by atoms with Gasteiger partial charge in [0.05, 0.1) is 6.42 Å². The molecule has 0 saturated heterocycles. The van der Waals surface area contributed by atoms with Crippen molar-refractivity contribution in [3.63, 3.8) is 0 Å². The molecule has 2 aromatic rings. The molecule has 0 aliphatic heterocycles. The molecular formula is C15H15BrN2O2. The van der Waals surface area contributed by atoms with E-state index in [1.165, 1.54) is 0 Å². The molecule has 1 heterocycles. The van der Waals surface area contributed by atoms with Crippen molar-refractivity contribution in [2.75, 3.05) is 5.32 Å². The van der Waals surface area contributed by atoms with Gasteiger partial charge in [0.1, 0.15) is 5.82 Å². The minimum atomic E-state index is -0.768. The third-order valence-electron chi connectivity index (χ3n) is 3.66. The second kappa shape index (κ2) is 5.40. The standard InChI is InChI=1S/C15H15BrN2O2/c16-12-3-1-2-11-10(12)6-7-17-15(11)18-13(8-14(19)20)9-4-5-9/h1-3,6-7,9,13H,4-5,8H2,(H,17,18)(H,19,20). The van der Waals surface area contributed by atoms with Crippen molar-refractivity contribution < 1.29 is 9.90 Å². The summed E-state index contributed by atoms with van der Waals surface area (Å²) in [7, 11) is 0. The van der Waals surface area contributed by atoms with Crippen LogP contribution in [0.4, 0.5) is 5.82 Å². The van der Waals surface area contributed by atoms with Gasteiger partial charge < -0.3 is 10.4 Å². The van der Waals surface area contributed by atoms with Crippen LogP contribution < -0.4 is 5.32 Å². The van der Waals surface area contributed by atoms with E-state index in [2.05, 4.69) is 26.2 Å². The van der Waals surface area contributed by atoms with Gasteiger partial charge in [-0.2, -0.15) is 0 Å². The van der Waals surface area contributed by atoms with Crippen molar-refractivity contribution in [1.29, 1.82) is 0 Å². The fourth-order valence-electron chi connectivity index (χ4n) is 2.48. The van der Waals surface area contributed by atoms with E-state index in [1.807, 2.05) is 24.3 Å². The number of nitrogens with one attached hydrogen (secondary N) is 1. The summed E-state index contributed by atoms with van der Waals surface area (Å²) >= 11 is 3.53. The predicted molar refractivity (Wildman–Crippen MR) is 81.8 cm³/mol. The van der Waals surface area contributed by atoms with Gasteiger partial charge in [-0.25, -0.2) is 4.98 Å². The molecule has 1 unspecified atom stereocenters. The van der Waals surface area contributed by atoms with E-state index in [0.29, 0.717) is 5.92 Å². The summed E-state index contributed by atoms with van der Waals surface area (Å²) < 4.78 is 1.02. The number of nitrogens with zero attached hydrogens (tertiary/aromatic N) is 1. The van der Waals surface area contributed by atoms with Crippen LogP contribution >= 0.6 is 15.9 Å². The topological polar surface area (TPSA) is 62.2 Å². The lowest BCUT2D eigenvalue weighted by atomic mass is 10.1. The molecule has 1 fully saturated rings. The molecule has 1 atom stereocenters. The van der Waals surface area contributed by atoms with E-state index >= 15 is 0 Å². The van der Waals surface area contributed by atoms with E-state index < -0.39 is 5.97 Å². The van der Waals surface area contributed by atoms with Crippen molar-refractivity contribution >= 4 is 38.5 Å². The maximum atomic E-state index is 11.0. The minimum Gasteiger partial charge on any atom is -0.481 e. The molecule has 0 radical (unpaired) electrons. The molecule has 1 aromatic heterocycles. The Hall–Kier alpha value is -1.62. The molecule has 0 bridgehead atoms. The molecule has 0 spiro atoms. The largest absolute Gasteiger partial charge is 0.481 e. The van der Waals surface area contributed by atoms with Gasteiger partial charge in [-0.1, -0.05) is 28.1 Å². The molecule has 1 saturated carbocycles. The summed E-state index contributed by atoms with van der Waals surface area (Å²) in [6.07, 6.45) is 4.08. The van der Waals surface area contributed by atoms with Crippen LogP contribution in [0, 0.1) is 5.92 Å². The highest BCUT2D eigenvalue weighted by molar-refractivity contribution is 9.10. The zero-order chi connectivity index (χ0) is 14.1. The van der Waals surface area contributed by atoms with E-state index in [-0.39, 0.29) is 12.5 Å². The quantitative estimate of drug-likeness (QED) is 0.875. The molecule has 3 rings (SSSR count). The number of benzene rings is 1. The zero-order valence-electron chi connectivity index (χ0n) is 10.8. The second-order valence-corrected chi connectivity index (χ2v) is 6.03. The van der Waals surface area contributed by atoms with Crippen LogP contribution in [0.5, 0.6) is 0 Å². The molecule has 2 N–H and O–H groups in total. The van der Waals surface area contributed by atoms with Crippen LogP contribution in [-0.4, -0.2) is 22.1 Å². The number of carboxylic acids is 1. The van der Waals surface area contributed by atoms with Gasteiger partial charge >= 0.3 is 5.97 Å². The van der Waals surface area contributed by atoms with Crippen molar-refractivity contribution in [2.45, 2.75) is 25.3 Å².